The maximum atomic E-state index is 6.63. The zero-order valence-electron chi connectivity index (χ0n) is 31.8. The van der Waals surface area contributed by atoms with Crippen LogP contribution in [0, 0.1) is 0 Å². The Labute approximate surface area is 339 Å². The molecule has 0 atom stereocenters. The second-order valence-corrected chi connectivity index (χ2v) is 15.2. The molecule has 0 aliphatic carbocycles. The Morgan fingerprint density at radius 3 is 1.51 bits per heavy atom. The van der Waals surface area contributed by atoms with Crippen molar-refractivity contribution in [3.8, 4) is 56.4 Å². The SMILES string of the molecule is c1ccc2cc(-c3nc(-c4ccc5ccccc5c4)nc(-c4cccc5c(-c6cccc7oc8cc(-c9cccc%10ccccc9%10)ccc8c67)cccc45)n3)ccc2c1. The normalized spacial score (nSPS) is 11.7. The summed E-state index contributed by atoms with van der Waals surface area (Å²) in [5.41, 5.74) is 9.12. The highest BCUT2D eigenvalue weighted by molar-refractivity contribution is 6.17. The molecule has 10 aromatic carbocycles. The van der Waals surface area contributed by atoms with Crippen LogP contribution < -0.4 is 0 Å². The van der Waals surface area contributed by atoms with Crippen molar-refractivity contribution in [3.63, 3.8) is 0 Å². The lowest BCUT2D eigenvalue weighted by Crippen LogP contribution is -2.01. The van der Waals surface area contributed by atoms with Crippen LogP contribution in [0.15, 0.2) is 205 Å². The number of fused-ring (bicyclic) bond motifs is 7. The van der Waals surface area contributed by atoms with Crippen LogP contribution in [0.25, 0.3) is 121 Å². The van der Waals surface area contributed by atoms with Crippen molar-refractivity contribution in [1.82, 2.24) is 15.0 Å². The number of benzene rings is 10. The summed E-state index contributed by atoms with van der Waals surface area (Å²) in [7, 11) is 0. The van der Waals surface area contributed by atoms with Crippen molar-refractivity contribution in [1.29, 1.82) is 0 Å². The van der Waals surface area contributed by atoms with Gasteiger partial charge in [0.25, 0.3) is 0 Å². The van der Waals surface area contributed by atoms with E-state index in [4.69, 9.17) is 19.4 Å². The lowest BCUT2D eigenvalue weighted by atomic mass is 9.92. The van der Waals surface area contributed by atoms with Gasteiger partial charge in [0.1, 0.15) is 11.2 Å². The predicted molar refractivity (Wildman–Crippen MR) is 244 cm³/mol. The zero-order chi connectivity index (χ0) is 38.9. The fourth-order valence-electron chi connectivity index (χ4n) is 8.85. The summed E-state index contributed by atoms with van der Waals surface area (Å²) in [4.78, 5) is 15.6. The summed E-state index contributed by atoms with van der Waals surface area (Å²) in [6.45, 7) is 0. The van der Waals surface area contributed by atoms with Crippen molar-refractivity contribution in [2.75, 3.05) is 0 Å². The molecule has 0 N–H and O–H groups in total. The Balaban J connectivity index is 1.03. The third-order valence-electron chi connectivity index (χ3n) is 11.7. The number of nitrogens with zero attached hydrogens (tertiary/aromatic N) is 3. The number of aromatic nitrogens is 3. The van der Waals surface area contributed by atoms with Crippen LogP contribution in [0.1, 0.15) is 0 Å². The minimum absolute atomic E-state index is 0.627. The molecule has 0 aliphatic heterocycles. The van der Waals surface area contributed by atoms with Crippen LogP contribution in [0.4, 0.5) is 0 Å². The monoisotopic (exact) mass is 751 g/mol. The summed E-state index contributed by atoms with van der Waals surface area (Å²) in [6, 6.07) is 70.5. The summed E-state index contributed by atoms with van der Waals surface area (Å²) in [6.07, 6.45) is 0. The van der Waals surface area contributed by atoms with Gasteiger partial charge in [-0.15, -0.1) is 0 Å². The highest BCUT2D eigenvalue weighted by atomic mass is 16.3. The molecule has 0 unspecified atom stereocenters. The van der Waals surface area contributed by atoms with Crippen LogP contribution in [0.2, 0.25) is 0 Å². The van der Waals surface area contributed by atoms with Crippen molar-refractivity contribution in [3.05, 3.63) is 200 Å². The minimum Gasteiger partial charge on any atom is -0.456 e. The van der Waals surface area contributed by atoms with Crippen molar-refractivity contribution in [2.24, 2.45) is 0 Å². The van der Waals surface area contributed by atoms with Gasteiger partial charge in [-0.25, -0.2) is 15.0 Å². The molecule has 0 amide bonds. The van der Waals surface area contributed by atoms with E-state index in [0.717, 1.165) is 76.9 Å². The first-order valence-corrected chi connectivity index (χ1v) is 19.9. The van der Waals surface area contributed by atoms with E-state index in [2.05, 4.69) is 200 Å². The van der Waals surface area contributed by atoms with Crippen molar-refractivity contribution >= 4 is 65.0 Å². The molecule has 0 saturated heterocycles. The van der Waals surface area contributed by atoms with Gasteiger partial charge in [0.2, 0.25) is 0 Å². The summed E-state index contributed by atoms with van der Waals surface area (Å²) >= 11 is 0. The number of furan rings is 1. The summed E-state index contributed by atoms with van der Waals surface area (Å²) < 4.78 is 6.63. The van der Waals surface area contributed by atoms with Gasteiger partial charge in [0.15, 0.2) is 17.5 Å². The number of hydrogen-bond donors (Lipinski definition) is 0. The molecule has 274 valence electrons. The molecule has 4 nitrogen and oxygen atoms in total. The van der Waals surface area contributed by atoms with Gasteiger partial charge in [-0.2, -0.15) is 0 Å². The number of rotatable bonds is 5. The lowest BCUT2D eigenvalue weighted by molar-refractivity contribution is 0.669. The maximum Gasteiger partial charge on any atom is 0.164 e. The van der Waals surface area contributed by atoms with Gasteiger partial charge in [-0.1, -0.05) is 170 Å². The van der Waals surface area contributed by atoms with Gasteiger partial charge in [-0.3, -0.25) is 0 Å². The number of hydrogen-bond acceptors (Lipinski definition) is 4. The van der Waals surface area contributed by atoms with Crippen molar-refractivity contribution < 1.29 is 4.42 Å². The van der Waals surface area contributed by atoms with E-state index in [1.165, 1.54) is 27.1 Å². The van der Waals surface area contributed by atoms with E-state index in [0.29, 0.717) is 17.5 Å². The third kappa shape index (κ3) is 5.57. The van der Waals surface area contributed by atoms with Crippen LogP contribution in [-0.4, -0.2) is 15.0 Å². The topological polar surface area (TPSA) is 51.8 Å². The molecule has 0 aliphatic rings. The highest BCUT2D eigenvalue weighted by Crippen LogP contribution is 2.42. The first kappa shape index (κ1) is 33.2. The van der Waals surface area contributed by atoms with E-state index in [1.807, 2.05) is 0 Å². The third-order valence-corrected chi connectivity index (χ3v) is 11.7. The molecule has 0 bridgehead atoms. The molecule has 4 heteroatoms. The molecule has 0 fully saturated rings. The molecule has 0 radical (unpaired) electrons. The quantitative estimate of drug-likeness (QED) is 0.176. The standard InChI is InChI=1S/C55H33N3O/c1-3-14-37-31-40(27-25-34(37)11-1)53-56-54(41-28-26-35-12-2-4-15-38(35)32-41)58-55(57-53)48-23-9-19-44-45(20-8-21-46(44)48)47-22-10-24-50-52(47)49-30-29-39(33-51(49)59-50)43-18-7-16-36-13-5-6-17-42(36)43/h1-33H. The van der Waals surface area contributed by atoms with Gasteiger partial charge >= 0.3 is 0 Å². The maximum absolute atomic E-state index is 6.63. The average molecular weight is 752 g/mol. The van der Waals surface area contributed by atoms with Gasteiger partial charge in [0.05, 0.1) is 0 Å². The van der Waals surface area contributed by atoms with E-state index in [-0.39, 0.29) is 0 Å². The largest absolute Gasteiger partial charge is 0.456 e. The highest BCUT2D eigenvalue weighted by Gasteiger charge is 2.19. The van der Waals surface area contributed by atoms with Crippen LogP contribution in [-0.2, 0) is 0 Å². The van der Waals surface area contributed by atoms with Crippen LogP contribution in [0.3, 0.4) is 0 Å². The van der Waals surface area contributed by atoms with Crippen LogP contribution >= 0.6 is 0 Å². The Morgan fingerprint density at radius 2 is 0.780 bits per heavy atom. The molecule has 0 saturated carbocycles. The zero-order valence-corrected chi connectivity index (χ0v) is 31.8. The lowest BCUT2D eigenvalue weighted by Gasteiger charge is -2.13. The van der Waals surface area contributed by atoms with E-state index in [1.54, 1.807) is 0 Å². The first-order chi connectivity index (χ1) is 29.2. The van der Waals surface area contributed by atoms with E-state index in [9.17, 15) is 0 Å². The summed E-state index contributed by atoms with van der Waals surface area (Å²) in [5.74, 6) is 1.89. The summed E-state index contributed by atoms with van der Waals surface area (Å²) in [5, 5.41) is 11.4. The molecular formula is C55H33N3O. The molecule has 59 heavy (non-hydrogen) atoms. The second-order valence-electron chi connectivity index (χ2n) is 15.2. The Bertz CT molecular complexity index is 3540. The van der Waals surface area contributed by atoms with Gasteiger partial charge in [-0.05, 0) is 95.7 Å². The van der Waals surface area contributed by atoms with E-state index >= 15 is 0 Å². The molecular weight excluding hydrogens is 719 g/mol. The molecule has 12 rings (SSSR count). The van der Waals surface area contributed by atoms with Crippen LogP contribution in [0.5, 0.6) is 0 Å². The predicted octanol–water partition coefficient (Wildman–Crippen LogP) is 14.7. The Kier molecular flexibility index (Phi) is 7.50. The molecule has 12 aromatic rings. The Morgan fingerprint density at radius 1 is 0.271 bits per heavy atom. The average Bonchev–Trinajstić information content (AvgIpc) is 3.69. The molecule has 2 aromatic heterocycles. The first-order valence-electron chi connectivity index (χ1n) is 19.9. The second kappa shape index (κ2) is 13.3. The van der Waals surface area contributed by atoms with Crippen molar-refractivity contribution in [2.45, 2.75) is 0 Å². The van der Waals surface area contributed by atoms with E-state index < -0.39 is 0 Å². The smallest absolute Gasteiger partial charge is 0.164 e. The Hall–Kier alpha value is -7.95. The minimum atomic E-state index is 0.627. The fraction of sp³-hybridized carbons (Fsp3) is 0. The van der Waals surface area contributed by atoms with Gasteiger partial charge in [0, 0.05) is 27.5 Å². The fourth-order valence-corrected chi connectivity index (χ4v) is 8.85. The molecule has 0 spiro atoms. The molecule has 2 heterocycles. The van der Waals surface area contributed by atoms with Gasteiger partial charge < -0.3 is 4.42 Å².